The zero-order valence-electron chi connectivity index (χ0n) is 14.5. The van der Waals surface area contributed by atoms with E-state index in [1.54, 1.807) is 0 Å². The van der Waals surface area contributed by atoms with E-state index in [0.717, 1.165) is 4.90 Å². The van der Waals surface area contributed by atoms with Crippen molar-refractivity contribution >= 4 is 35.0 Å². The fraction of sp³-hybridized carbons (Fsp3) is 0.412. The highest BCUT2D eigenvalue weighted by Gasteiger charge is 2.75. The van der Waals surface area contributed by atoms with Gasteiger partial charge in [0.1, 0.15) is 12.7 Å². The van der Waals surface area contributed by atoms with Gasteiger partial charge in [-0.05, 0) is 24.6 Å². The molecule has 1 aromatic carbocycles. The number of rotatable bonds is 2. The number of urea groups is 1. The van der Waals surface area contributed by atoms with Crippen molar-refractivity contribution in [1.29, 1.82) is 5.26 Å². The van der Waals surface area contributed by atoms with Crippen LogP contribution in [0.3, 0.4) is 0 Å². The highest BCUT2D eigenvalue weighted by atomic mass is 35.5. The molecular weight excluding hydrogens is 401 g/mol. The molecule has 3 saturated heterocycles. The van der Waals surface area contributed by atoms with Gasteiger partial charge in [-0.3, -0.25) is 9.59 Å². The standard InChI is InChI=1S/C17H13ClF3N4O3/c1-8-10(3-2-9(4-22)13(8)18)24-15(27)12-6-23-5-11(14(26)17(19,20)21)25(12,7-23)16(24)28/h2-3,11-12H,5-7H2,1H3/q+1. The lowest BCUT2D eigenvalue weighted by Crippen LogP contribution is -2.64. The van der Waals surface area contributed by atoms with Gasteiger partial charge in [-0.15, -0.1) is 0 Å². The average molecular weight is 414 g/mol. The number of quaternary nitrogens is 1. The smallest absolute Gasteiger partial charge is 0.283 e. The summed E-state index contributed by atoms with van der Waals surface area (Å²) in [4.78, 5) is 40.6. The second-order valence-electron chi connectivity index (χ2n) is 7.14. The van der Waals surface area contributed by atoms with Crippen LogP contribution in [0.2, 0.25) is 5.02 Å². The maximum absolute atomic E-state index is 13.3. The van der Waals surface area contributed by atoms with Gasteiger partial charge >= 0.3 is 12.2 Å². The lowest BCUT2D eigenvalue weighted by molar-refractivity contribution is -0.853. The van der Waals surface area contributed by atoms with E-state index in [2.05, 4.69) is 0 Å². The van der Waals surface area contributed by atoms with E-state index in [4.69, 9.17) is 16.9 Å². The Bertz CT molecular complexity index is 989. The number of fused-ring (bicyclic) bond motifs is 1. The first-order valence-corrected chi connectivity index (χ1v) is 8.70. The van der Waals surface area contributed by atoms with Crippen LogP contribution in [0.1, 0.15) is 11.1 Å². The molecule has 3 heterocycles. The van der Waals surface area contributed by atoms with Crippen LogP contribution in [-0.4, -0.2) is 65.1 Å². The fourth-order valence-corrected chi connectivity index (χ4v) is 4.66. The number of amides is 3. The Labute approximate surface area is 162 Å². The lowest BCUT2D eigenvalue weighted by atomic mass is 10.0. The van der Waals surface area contributed by atoms with Gasteiger partial charge in [0.15, 0.2) is 12.1 Å². The Kier molecular flexibility index (Phi) is 3.88. The maximum atomic E-state index is 13.3. The fourth-order valence-electron chi connectivity index (χ4n) is 4.45. The molecule has 1 spiro atoms. The number of carbonyl (C=O) groups is 3. The van der Waals surface area contributed by atoms with Gasteiger partial charge in [0.05, 0.1) is 29.4 Å². The van der Waals surface area contributed by atoms with Gasteiger partial charge in [-0.2, -0.15) is 23.3 Å². The Morgan fingerprint density at radius 3 is 2.61 bits per heavy atom. The van der Waals surface area contributed by atoms with Crippen molar-refractivity contribution in [2.75, 3.05) is 24.7 Å². The van der Waals surface area contributed by atoms with Crippen molar-refractivity contribution in [1.82, 2.24) is 4.90 Å². The second kappa shape index (κ2) is 5.76. The van der Waals surface area contributed by atoms with E-state index >= 15 is 0 Å². The molecule has 146 valence electrons. The van der Waals surface area contributed by atoms with Crippen molar-refractivity contribution in [3.8, 4) is 6.07 Å². The maximum Gasteiger partial charge on any atom is 0.456 e. The quantitative estimate of drug-likeness (QED) is 0.547. The third kappa shape index (κ3) is 2.21. The molecule has 2 bridgehead atoms. The number of nitrogens with zero attached hydrogens (tertiary/aromatic N) is 4. The van der Waals surface area contributed by atoms with E-state index in [0.29, 0.717) is 0 Å². The number of alkyl halides is 3. The van der Waals surface area contributed by atoms with Crippen LogP contribution in [0.15, 0.2) is 12.1 Å². The van der Waals surface area contributed by atoms with Crippen LogP contribution in [0.5, 0.6) is 0 Å². The summed E-state index contributed by atoms with van der Waals surface area (Å²) in [5.74, 6) is -2.67. The van der Waals surface area contributed by atoms with Gasteiger partial charge in [-0.25, -0.2) is 14.2 Å². The molecule has 0 aromatic heterocycles. The summed E-state index contributed by atoms with van der Waals surface area (Å²) in [6, 6.07) is 0.959. The molecule has 4 unspecified atom stereocenters. The molecule has 0 radical (unpaired) electrons. The van der Waals surface area contributed by atoms with E-state index in [1.165, 1.54) is 24.0 Å². The van der Waals surface area contributed by atoms with Crippen molar-refractivity contribution in [3.05, 3.63) is 28.3 Å². The minimum Gasteiger partial charge on any atom is -0.283 e. The molecule has 3 amide bonds. The topological polar surface area (TPSA) is 81.5 Å². The summed E-state index contributed by atoms with van der Waals surface area (Å²) < 4.78 is 38.4. The number of carbonyl (C=O) groups excluding carboxylic acids is 3. The molecule has 1 aromatic rings. The molecule has 28 heavy (non-hydrogen) atoms. The van der Waals surface area contributed by atoms with Crippen molar-refractivity contribution < 1.29 is 32.0 Å². The number of piperazine rings is 1. The van der Waals surface area contributed by atoms with Crippen LogP contribution in [0.25, 0.3) is 0 Å². The third-order valence-corrected chi connectivity index (χ3v) is 6.25. The molecule has 7 nitrogen and oxygen atoms in total. The molecule has 0 saturated carbocycles. The minimum atomic E-state index is -5.10. The Morgan fingerprint density at radius 1 is 1.32 bits per heavy atom. The molecular formula is C17H13ClF3N4O3+. The largest absolute Gasteiger partial charge is 0.456 e. The van der Waals surface area contributed by atoms with E-state index in [-0.39, 0.29) is 41.6 Å². The summed E-state index contributed by atoms with van der Waals surface area (Å²) in [7, 11) is 0. The molecule has 3 fully saturated rings. The van der Waals surface area contributed by atoms with E-state index in [9.17, 15) is 27.6 Å². The summed E-state index contributed by atoms with van der Waals surface area (Å²) >= 11 is 6.12. The summed E-state index contributed by atoms with van der Waals surface area (Å²) in [6.45, 7) is 1.26. The van der Waals surface area contributed by atoms with Gasteiger partial charge in [0.2, 0.25) is 0 Å². The highest BCUT2D eigenvalue weighted by Crippen LogP contribution is 2.46. The lowest BCUT2D eigenvalue weighted by Gasteiger charge is -2.33. The molecule has 11 heteroatoms. The van der Waals surface area contributed by atoms with Crippen molar-refractivity contribution in [3.63, 3.8) is 0 Å². The number of imide groups is 1. The number of nitriles is 1. The van der Waals surface area contributed by atoms with E-state index < -0.39 is 40.5 Å². The van der Waals surface area contributed by atoms with Crippen LogP contribution < -0.4 is 4.90 Å². The first kappa shape index (κ1) is 18.9. The van der Waals surface area contributed by atoms with Crippen LogP contribution in [-0.2, 0) is 9.59 Å². The van der Waals surface area contributed by atoms with Gasteiger partial charge < -0.3 is 0 Å². The van der Waals surface area contributed by atoms with Gasteiger partial charge in [0, 0.05) is 0 Å². The third-order valence-electron chi connectivity index (χ3n) is 5.76. The SMILES string of the molecule is Cc1c(N2C(=O)C3CN4CC(C(=O)C(F)(F)F)[N+]3(C4)C2=O)ccc(C#N)c1Cl. The molecule has 0 N–H and O–H groups in total. The molecule has 3 aliphatic heterocycles. The predicted molar refractivity (Wildman–Crippen MR) is 89.1 cm³/mol. The summed E-state index contributed by atoms with van der Waals surface area (Å²) in [5, 5.41) is 9.11. The number of benzene rings is 1. The number of halogens is 4. The van der Waals surface area contributed by atoms with Crippen molar-refractivity contribution in [2.45, 2.75) is 25.2 Å². The number of Topliss-reactive ketones (excluding diaryl/α,β-unsaturated/α-hetero) is 1. The number of ketones is 1. The number of hydrogen-bond donors (Lipinski definition) is 0. The van der Waals surface area contributed by atoms with E-state index in [1.807, 2.05) is 6.07 Å². The summed E-state index contributed by atoms with van der Waals surface area (Å²) in [6.07, 6.45) is -5.10. The molecule has 3 aliphatic rings. The molecule has 4 atom stereocenters. The van der Waals surface area contributed by atoms with Crippen LogP contribution in [0.4, 0.5) is 23.7 Å². The zero-order valence-corrected chi connectivity index (χ0v) is 15.2. The highest BCUT2D eigenvalue weighted by molar-refractivity contribution is 6.33. The number of anilines is 1. The van der Waals surface area contributed by atoms with Gasteiger partial charge in [-0.1, -0.05) is 11.6 Å². The van der Waals surface area contributed by atoms with Crippen molar-refractivity contribution in [2.24, 2.45) is 0 Å². The minimum absolute atomic E-state index is 0.0543. The first-order chi connectivity index (χ1) is 13.0. The predicted octanol–water partition coefficient (Wildman–Crippen LogP) is 1.96. The molecule has 0 aliphatic carbocycles. The molecule has 4 rings (SSSR count). The zero-order chi connectivity index (χ0) is 20.6. The average Bonchev–Trinajstić information content (AvgIpc) is 3.25. The monoisotopic (exact) mass is 413 g/mol. The first-order valence-electron chi connectivity index (χ1n) is 8.32. The Morgan fingerprint density at radius 2 is 2.00 bits per heavy atom. The number of hydrogen-bond acceptors (Lipinski definition) is 5. The summed E-state index contributed by atoms with van der Waals surface area (Å²) in [5.41, 5.74) is 0.543. The van der Waals surface area contributed by atoms with Crippen LogP contribution in [0, 0.1) is 18.3 Å². The van der Waals surface area contributed by atoms with Crippen LogP contribution >= 0.6 is 11.6 Å². The van der Waals surface area contributed by atoms with Gasteiger partial charge in [0.25, 0.3) is 11.7 Å². The normalized spacial score (nSPS) is 31.3. The second-order valence-corrected chi connectivity index (χ2v) is 7.52. The Hall–Kier alpha value is -2.48. The Balaban J connectivity index is 1.81.